The van der Waals surface area contributed by atoms with E-state index in [4.69, 9.17) is 5.26 Å². The quantitative estimate of drug-likeness (QED) is 0.732. The van der Waals surface area contributed by atoms with Crippen molar-refractivity contribution in [2.45, 2.75) is 18.9 Å². The third-order valence-electron chi connectivity index (χ3n) is 2.76. The average molecular weight is 229 g/mol. The molecule has 5 nitrogen and oxygen atoms in total. The van der Waals surface area contributed by atoms with Crippen molar-refractivity contribution >= 4 is 11.9 Å². The van der Waals surface area contributed by atoms with Crippen LogP contribution in [0.3, 0.4) is 0 Å². The van der Waals surface area contributed by atoms with Crippen LogP contribution in [0.15, 0.2) is 24.3 Å². The summed E-state index contributed by atoms with van der Waals surface area (Å²) in [5.41, 5.74) is 0.549. The van der Waals surface area contributed by atoms with Gasteiger partial charge in [0.25, 0.3) is 5.91 Å². The topological polar surface area (TPSA) is 82.0 Å². The van der Waals surface area contributed by atoms with Gasteiger partial charge in [-0.05, 0) is 24.6 Å². The predicted octanol–water partition coefficient (Wildman–Crippen LogP) is 0.699. The normalized spacial score (nSPS) is 22.8. The average Bonchev–Trinajstić information content (AvgIpc) is 2.53. The van der Waals surface area contributed by atoms with Gasteiger partial charge >= 0.3 is 6.03 Å². The fourth-order valence-electron chi connectivity index (χ4n) is 1.81. The Labute approximate surface area is 98.4 Å². The molecule has 0 aliphatic carbocycles. The number of nitriles is 1. The monoisotopic (exact) mass is 229 g/mol. The second-order valence-corrected chi connectivity index (χ2v) is 4.23. The minimum atomic E-state index is -0.911. The molecule has 1 aliphatic heterocycles. The van der Waals surface area contributed by atoms with E-state index in [-0.39, 0.29) is 5.91 Å². The van der Waals surface area contributed by atoms with Gasteiger partial charge in [-0.25, -0.2) is 4.79 Å². The van der Waals surface area contributed by atoms with Gasteiger partial charge in [0.15, 0.2) is 0 Å². The zero-order chi connectivity index (χ0) is 12.5. The molecule has 86 valence electrons. The minimum absolute atomic E-state index is 0.327. The molecule has 0 spiro atoms. The summed E-state index contributed by atoms with van der Waals surface area (Å²) in [5.74, 6) is -0.327. The lowest BCUT2D eigenvalue weighted by Gasteiger charge is -2.20. The maximum absolute atomic E-state index is 11.6. The van der Waals surface area contributed by atoms with Gasteiger partial charge in [-0.15, -0.1) is 0 Å². The Balaban J connectivity index is 2.18. The summed E-state index contributed by atoms with van der Waals surface area (Å²) in [6.07, 6.45) is 0.399. The number of urea groups is 1. The van der Waals surface area contributed by atoms with E-state index in [1.165, 1.54) is 0 Å². The van der Waals surface area contributed by atoms with Crippen molar-refractivity contribution in [3.63, 3.8) is 0 Å². The lowest BCUT2D eigenvalue weighted by Crippen LogP contribution is -2.45. The number of amides is 3. The van der Waals surface area contributed by atoms with Gasteiger partial charge in [0.1, 0.15) is 5.54 Å². The van der Waals surface area contributed by atoms with Gasteiger partial charge in [-0.3, -0.25) is 10.1 Å². The zero-order valence-electron chi connectivity index (χ0n) is 9.28. The van der Waals surface area contributed by atoms with Crippen LogP contribution in [0, 0.1) is 11.3 Å². The highest BCUT2D eigenvalue weighted by Crippen LogP contribution is 2.17. The summed E-state index contributed by atoms with van der Waals surface area (Å²) in [5, 5.41) is 13.5. The first-order valence-corrected chi connectivity index (χ1v) is 5.16. The number of rotatable bonds is 2. The molecule has 0 aromatic heterocycles. The first-order chi connectivity index (χ1) is 8.03. The molecule has 3 amide bonds. The smallest absolute Gasteiger partial charge is 0.322 e. The van der Waals surface area contributed by atoms with Gasteiger partial charge in [0, 0.05) is 6.42 Å². The molecule has 1 aliphatic rings. The van der Waals surface area contributed by atoms with Crippen molar-refractivity contribution in [2.75, 3.05) is 0 Å². The first kappa shape index (κ1) is 11.1. The number of carbonyl (C=O) groups is 2. The van der Waals surface area contributed by atoms with Crippen molar-refractivity contribution in [3.8, 4) is 6.07 Å². The van der Waals surface area contributed by atoms with Crippen LogP contribution in [0.4, 0.5) is 4.79 Å². The highest BCUT2D eigenvalue weighted by atomic mass is 16.2. The molecule has 0 radical (unpaired) electrons. The standard InChI is InChI=1S/C12H11N3O2/c1-12(10(16)14-11(17)15-12)6-8-2-4-9(7-13)5-3-8/h2-5H,6H2,1H3,(H2,14,15,16,17). The van der Waals surface area contributed by atoms with Gasteiger partial charge in [0.2, 0.25) is 0 Å². The maximum Gasteiger partial charge on any atom is 0.322 e. The van der Waals surface area contributed by atoms with Crippen LogP contribution < -0.4 is 10.6 Å². The van der Waals surface area contributed by atoms with Crippen molar-refractivity contribution in [1.29, 1.82) is 5.26 Å². The van der Waals surface area contributed by atoms with Gasteiger partial charge in [-0.2, -0.15) is 5.26 Å². The van der Waals surface area contributed by atoms with E-state index in [1.54, 1.807) is 31.2 Å². The van der Waals surface area contributed by atoms with Crippen LogP contribution in [0.25, 0.3) is 0 Å². The number of benzene rings is 1. The highest BCUT2D eigenvalue weighted by Gasteiger charge is 2.41. The van der Waals surface area contributed by atoms with Crippen LogP contribution in [0.2, 0.25) is 0 Å². The van der Waals surface area contributed by atoms with Crippen LogP contribution in [-0.2, 0) is 11.2 Å². The molecule has 5 heteroatoms. The largest absolute Gasteiger partial charge is 0.323 e. The second kappa shape index (κ2) is 3.91. The van der Waals surface area contributed by atoms with E-state index in [2.05, 4.69) is 10.6 Å². The minimum Gasteiger partial charge on any atom is -0.323 e. The van der Waals surface area contributed by atoms with Crippen molar-refractivity contribution in [2.24, 2.45) is 0 Å². The Morgan fingerprint density at radius 3 is 2.41 bits per heavy atom. The summed E-state index contributed by atoms with van der Waals surface area (Å²) in [4.78, 5) is 22.7. The number of hydrogen-bond donors (Lipinski definition) is 2. The molecule has 1 heterocycles. The molecule has 1 aromatic rings. The lowest BCUT2D eigenvalue weighted by molar-refractivity contribution is -0.123. The highest BCUT2D eigenvalue weighted by molar-refractivity contribution is 6.06. The molecule has 1 unspecified atom stereocenters. The Morgan fingerprint density at radius 1 is 1.29 bits per heavy atom. The number of hydrogen-bond acceptors (Lipinski definition) is 3. The second-order valence-electron chi connectivity index (χ2n) is 4.23. The van der Waals surface area contributed by atoms with Crippen molar-refractivity contribution in [1.82, 2.24) is 10.6 Å². The summed E-state index contributed by atoms with van der Waals surface area (Å²) >= 11 is 0. The van der Waals surface area contributed by atoms with Crippen molar-refractivity contribution < 1.29 is 9.59 Å². The number of imide groups is 1. The number of carbonyl (C=O) groups excluding carboxylic acids is 2. The molecule has 1 fully saturated rings. The van der Waals surface area contributed by atoms with E-state index in [1.807, 2.05) is 6.07 Å². The Morgan fingerprint density at radius 2 is 1.94 bits per heavy atom. The Bertz CT molecular complexity index is 516. The Hall–Kier alpha value is -2.35. The van der Waals surface area contributed by atoms with E-state index < -0.39 is 11.6 Å². The molecule has 1 aromatic carbocycles. The van der Waals surface area contributed by atoms with Crippen molar-refractivity contribution in [3.05, 3.63) is 35.4 Å². The Kier molecular flexibility index (Phi) is 2.56. The SMILES string of the molecule is CC1(Cc2ccc(C#N)cc2)NC(=O)NC1=O. The third-order valence-corrected chi connectivity index (χ3v) is 2.76. The molecular weight excluding hydrogens is 218 g/mol. The maximum atomic E-state index is 11.6. The van der Waals surface area contributed by atoms with Crippen LogP contribution in [0.5, 0.6) is 0 Å². The van der Waals surface area contributed by atoms with E-state index in [9.17, 15) is 9.59 Å². The summed E-state index contributed by atoms with van der Waals surface area (Å²) in [7, 11) is 0. The molecular formula is C12H11N3O2. The molecule has 1 saturated heterocycles. The fourth-order valence-corrected chi connectivity index (χ4v) is 1.81. The summed E-state index contributed by atoms with van der Waals surface area (Å²) < 4.78 is 0. The van der Waals surface area contributed by atoms with E-state index in [0.717, 1.165) is 5.56 Å². The first-order valence-electron chi connectivity index (χ1n) is 5.16. The summed E-state index contributed by atoms with van der Waals surface area (Å²) in [6.45, 7) is 1.67. The fraction of sp³-hybridized carbons (Fsp3) is 0.250. The van der Waals surface area contributed by atoms with Crippen LogP contribution in [0.1, 0.15) is 18.1 Å². The molecule has 2 N–H and O–H groups in total. The molecule has 17 heavy (non-hydrogen) atoms. The van der Waals surface area contributed by atoms with E-state index >= 15 is 0 Å². The molecule has 0 bridgehead atoms. The predicted molar refractivity (Wildman–Crippen MR) is 59.9 cm³/mol. The number of nitrogens with one attached hydrogen (secondary N) is 2. The van der Waals surface area contributed by atoms with Gasteiger partial charge < -0.3 is 5.32 Å². The van der Waals surface area contributed by atoms with E-state index in [0.29, 0.717) is 12.0 Å². The number of nitrogens with zero attached hydrogens (tertiary/aromatic N) is 1. The summed E-state index contributed by atoms with van der Waals surface area (Å²) in [6, 6.07) is 8.49. The van der Waals surface area contributed by atoms with Gasteiger partial charge in [0.05, 0.1) is 11.6 Å². The molecule has 1 atom stereocenters. The molecule has 0 saturated carbocycles. The third kappa shape index (κ3) is 2.11. The zero-order valence-corrected chi connectivity index (χ0v) is 9.28. The lowest BCUT2D eigenvalue weighted by atomic mass is 9.93. The molecule has 2 rings (SSSR count). The van der Waals surface area contributed by atoms with Crippen LogP contribution >= 0.6 is 0 Å². The van der Waals surface area contributed by atoms with Gasteiger partial charge in [-0.1, -0.05) is 12.1 Å². The van der Waals surface area contributed by atoms with Crippen LogP contribution in [-0.4, -0.2) is 17.5 Å².